The predicted molar refractivity (Wildman–Crippen MR) is 152 cm³/mol. The Morgan fingerprint density at radius 2 is 0.917 bits per heavy atom. The maximum absolute atomic E-state index is 4.42. The molecule has 0 amide bonds. The van der Waals surface area contributed by atoms with Crippen LogP contribution in [0.1, 0.15) is 22.5 Å². The van der Waals surface area contributed by atoms with Crippen molar-refractivity contribution in [3.63, 3.8) is 0 Å². The highest BCUT2D eigenvalue weighted by molar-refractivity contribution is 5.72. The Labute approximate surface area is 215 Å². The van der Waals surface area contributed by atoms with Crippen LogP contribution in [0.15, 0.2) is 60.9 Å². The molecule has 0 unspecified atom stereocenters. The van der Waals surface area contributed by atoms with Gasteiger partial charge in [0.05, 0.1) is 11.4 Å². The molecule has 1 aromatic heterocycles. The fraction of sp³-hybridized carbons (Fsp3) is 0.333. The van der Waals surface area contributed by atoms with Crippen molar-refractivity contribution in [3.05, 3.63) is 83.4 Å². The molecule has 6 nitrogen and oxygen atoms in total. The molecule has 2 fully saturated rings. The molecule has 2 saturated heterocycles. The minimum absolute atomic E-state index is 0.901. The SMILES string of the molecule is CN1CCN(c2ccc(/C=C/c3cc(/C=C/c4ccc(N5CCN(C)CC5)cc4)ncn3)cc2)CC1. The minimum atomic E-state index is 0.901. The first-order valence-corrected chi connectivity index (χ1v) is 12.9. The van der Waals surface area contributed by atoms with Crippen LogP contribution in [0, 0.1) is 0 Å². The van der Waals surface area contributed by atoms with E-state index >= 15 is 0 Å². The van der Waals surface area contributed by atoms with Gasteiger partial charge in [-0.2, -0.15) is 0 Å². The van der Waals surface area contributed by atoms with Crippen molar-refractivity contribution in [3.8, 4) is 0 Å². The number of hydrogen-bond donors (Lipinski definition) is 0. The van der Waals surface area contributed by atoms with Crippen LogP contribution in [0.2, 0.25) is 0 Å². The van der Waals surface area contributed by atoms with Gasteiger partial charge in [0.1, 0.15) is 6.33 Å². The first kappa shape index (κ1) is 24.2. The Hall–Kier alpha value is -3.48. The predicted octanol–water partition coefficient (Wildman–Crippen LogP) is 4.32. The summed E-state index contributed by atoms with van der Waals surface area (Å²) in [7, 11) is 4.37. The molecule has 3 heterocycles. The molecule has 0 radical (unpaired) electrons. The van der Waals surface area contributed by atoms with E-state index in [0.717, 1.165) is 63.7 Å². The molecule has 3 aromatic rings. The van der Waals surface area contributed by atoms with Crippen LogP contribution in [-0.4, -0.2) is 86.2 Å². The minimum Gasteiger partial charge on any atom is -0.369 e. The molecule has 36 heavy (non-hydrogen) atoms. The summed E-state index contributed by atoms with van der Waals surface area (Å²) in [4.78, 5) is 18.5. The van der Waals surface area contributed by atoms with E-state index in [0.29, 0.717) is 0 Å². The highest BCUT2D eigenvalue weighted by atomic mass is 15.3. The van der Waals surface area contributed by atoms with Crippen molar-refractivity contribution in [2.45, 2.75) is 0 Å². The van der Waals surface area contributed by atoms with Gasteiger partial charge in [0.25, 0.3) is 0 Å². The summed E-state index contributed by atoms with van der Waals surface area (Å²) >= 11 is 0. The number of benzene rings is 2. The van der Waals surface area contributed by atoms with Gasteiger partial charge in [-0.1, -0.05) is 36.4 Å². The van der Waals surface area contributed by atoms with Gasteiger partial charge in [-0.05, 0) is 67.7 Å². The molecule has 0 N–H and O–H groups in total. The number of piperazine rings is 2. The summed E-state index contributed by atoms with van der Waals surface area (Å²) in [5.74, 6) is 0. The van der Waals surface area contributed by atoms with Crippen molar-refractivity contribution in [2.24, 2.45) is 0 Å². The number of nitrogens with zero attached hydrogens (tertiary/aromatic N) is 6. The monoisotopic (exact) mass is 480 g/mol. The molecule has 2 aliphatic heterocycles. The van der Waals surface area contributed by atoms with Crippen LogP contribution >= 0.6 is 0 Å². The van der Waals surface area contributed by atoms with E-state index in [-0.39, 0.29) is 0 Å². The van der Waals surface area contributed by atoms with Gasteiger partial charge < -0.3 is 19.6 Å². The molecule has 186 valence electrons. The molecule has 6 heteroatoms. The second kappa shape index (κ2) is 11.5. The lowest BCUT2D eigenvalue weighted by molar-refractivity contribution is 0.313. The van der Waals surface area contributed by atoms with E-state index in [1.807, 2.05) is 6.07 Å². The van der Waals surface area contributed by atoms with Crippen molar-refractivity contribution in [1.82, 2.24) is 19.8 Å². The first-order chi connectivity index (χ1) is 17.6. The number of likely N-dealkylation sites (N-methyl/N-ethyl adjacent to an activating group) is 2. The van der Waals surface area contributed by atoms with E-state index in [1.54, 1.807) is 6.33 Å². The highest BCUT2D eigenvalue weighted by Gasteiger charge is 2.14. The zero-order valence-electron chi connectivity index (χ0n) is 21.4. The topological polar surface area (TPSA) is 38.7 Å². The van der Waals surface area contributed by atoms with Gasteiger partial charge in [0.15, 0.2) is 0 Å². The van der Waals surface area contributed by atoms with Crippen LogP contribution in [0.25, 0.3) is 24.3 Å². The van der Waals surface area contributed by atoms with Crippen LogP contribution in [0.3, 0.4) is 0 Å². The summed E-state index contributed by atoms with van der Waals surface area (Å²) in [6.45, 7) is 8.82. The maximum atomic E-state index is 4.42. The fourth-order valence-electron chi connectivity index (χ4n) is 4.66. The molecule has 0 spiro atoms. The van der Waals surface area contributed by atoms with Crippen LogP contribution in [0.5, 0.6) is 0 Å². The second-order valence-corrected chi connectivity index (χ2v) is 9.80. The van der Waals surface area contributed by atoms with Crippen LogP contribution in [0.4, 0.5) is 11.4 Å². The van der Waals surface area contributed by atoms with Crippen molar-refractivity contribution < 1.29 is 0 Å². The number of anilines is 2. The third-order valence-electron chi connectivity index (χ3n) is 7.13. The summed E-state index contributed by atoms with van der Waals surface area (Å²) < 4.78 is 0. The van der Waals surface area contributed by atoms with Gasteiger partial charge >= 0.3 is 0 Å². The number of rotatable bonds is 6. The van der Waals surface area contributed by atoms with Crippen LogP contribution in [-0.2, 0) is 0 Å². The average Bonchev–Trinajstić information content (AvgIpc) is 2.93. The highest BCUT2D eigenvalue weighted by Crippen LogP contribution is 2.20. The summed E-state index contributed by atoms with van der Waals surface area (Å²) in [5.41, 5.74) is 6.74. The van der Waals surface area contributed by atoms with Crippen LogP contribution < -0.4 is 9.80 Å². The molecule has 5 rings (SSSR count). The fourth-order valence-corrected chi connectivity index (χ4v) is 4.66. The standard InChI is InChI=1S/C30H36N6/c1-33-15-19-35(20-16-33)29-11-5-25(6-12-29)3-9-27-23-28(32-24-31-27)10-4-26-7-13-30(14-8-26)36-21-17-34(2)18-22-36/h3-14,23-24H,15-22H2,1-2H3/b9-3+,10-4+. The Morgan fingerprint density at radius 1 is 0.528 bits per heavy atom. The van der Waals surface area contributed by atoms with E-state index in [4.69, 9.17) is 0 Å². The summed E-state index contributed by atoms with van der Waals surface area (Å²) in [5, 5.41) is 0. The van der Waals surface area contributed by atoms with Gasteiger partial charge in [0, 0.05) is 63.7 Å². The zero-order valence-corrected chi connectivity index (χ0v) is 21.4. The Bertz CT molecular complexity index is 1080. The quantitative estimate of drug-likeness (QED) is 0.523. The van der Waals surface area contributed by atoms with Crippen molar-refractivity contribution in [1.29, 1.82) is 0 Å². The first-order valence-electron chi connectivity index (χ1n) is 12.9. The lowest BCUT2D eigenvalue weighted by Crippen LogP contribution is -2.44. The number of hydrogen-bond acceptors (Lipinski definition) is 6. The Morgan fingerprint density at radius 3 is 1.31 bits per heavy atom. The maximum Gasteiger partial charge on any atom is 0.116 e. The summed E-state index contributed by atoms with van der Waals surface area (Å²) in [6.07, 6.45) is 9.96. The van der Waals surface area contributed by atoms with E-state index in [1.165, 1.54) is 22.5 Å². The number of aromatic nitrogens is 2. The van der Waals surface area contributed by atoms with Crippen molar-refractivity contribution >= 4 is 35.7 Å². The summed E-state index contributed by atoms with van der Waals surface area (Å²) in [6, 6.07) is 19.6. The molecule has 0 atom stereocenters. The van der Waals surface area contributed by atoms with Gasteiger partial charge in [-0.25, -0.2) is 9.97 Å². The average molecular weight is 481 g/mol. The molecular weight excluding hydrogens is 444 g/mol. The van der Waals surface area contributed by atoms with E-state index < -0.39 is 0 Å². The molecule has 2 aliphatic rings. The van der Waals surface area contributed by atoms with Gasteiger partial charge in [-0.3, -0.25) is 0 Å². The largest absolute Gasteiger partial charge is 0.369 e. The second-order valence-electron chi connectivity index (χ2n) is 9.80. The smallest absolute Gasteiger partial charge is 0.116 e. The molecule has 0 saturated carbocycles. The third-order valence-corrected chi connectivity index (χ3v) is 7.13. The molecular formula is C30H36N6. The third kappa shape index (κ3) is 6.39. The Balaban J connectivity index is 1.18. The molecule has 0 aliphatic carbocycles. The zero-order chi connectivity index (χ0) is 24.7. The van der Waals surface area contributed by atoms with Gasteiger partial charge in [0.2, 0.25) is 0 Å². The lowest BCUT2D eigenvalue weighted by Gasteiger charge is -2.34. The van der Waals surface area contributed by atoms with Crippen molar-refractivity contribution in [2.75, 3.05) is 76.3 Å². The van der Waals surface area contributed by atoms with E-state index in [2.05, 4.69) is 116 Å². The normalized spacial score (nSPS) is 17.9. The lowest BCUT2D eigenvalue weighted by atomic mass is 10.1. The Kier molecular flexibility index (Phi) is 7.74. The molecule has 2 aromatic carbocycles. The molecule has 0 bridgehead atoms. The van der Waals surface area contributed by atoms with Gasteiger partial charge in [-0.15, -0.1) is 0 Å². The van der Waals surface area contributed by atoms with E-state index in [9.17, 15) is 0 Å².